The first-order valence-electron chi connectivity index (χ1n) is 8.61. The molecule has 1 aliphatic carbocycles. The van der Waals surface area contributed by atoms with Gasteiger partial charge in [-0.25, -0.2) is 13.2 Å². The summed E-state index contributed by atoms with van der Waals surface area (Å²) in [5.74, 6) is -1.03. The van der Waals surface area contributed by atoms with Crippen LogP contribution in [-0.4, -0.2) is 24.9 Å². The average Bonchev–Trinajstić information content (AvgIpc) is 2.97. The molecular formula is C20H21F3N2O. The first-order chi connectivity index (χ1) is 12.5. The Kier molecular flexibility index (Phi) is 5.61. The Morgan fingerprint density at radius 1 is 1.15 bits per heavy atom. The molecule has 1 amide bonds. The van der Waals surface area contributed by atoms with Crippen molar-refractivity contribution < 1.29 is 18.0 Å². The summed E-state index contributed by atoms with van der Waals surface area (Å²) in [6.07, 6.45) is -1.88. The molecule has 0 aliphatic heterocycles. The minimum Gasteiger partial charge on any atom is -0.351 e. The third-order valence-electron chi connectivity index (χ3n) is 4.82. The van der Waals surface area contributed by atoms with Gasteiger partial charge in [-0.2, -0.15) is 0 Å². The molecule has 0 aromatic heterocycles. The lowest BCUT2D eigenvalue weighted by Gasteiger charge is -2.24. The highest BCUT2D eigenvalue weighted by Gasteiger charge is 2.34. The molecule has 0 saturated carbocycles. The van der Waals surface area contributed by atoms with Crippen molar-refractivity contribution in [3.05, 3.63) is 71.0 Å². The van der Waals surface area contributed by atoms with Crippen LogP contribution in [-0.2, 0) is 11.2 Å². The second-order valence-electron chi connectivity index (χ2n) is 6.57. The van der Waals surface area contributed by atoms with Crippen LogP contribution in [0.4, 0.5) is 13.2 Å². The lowest BCUT2D eigenvalue weighted by atomic mass is 9.99. The van der Waals surface area contributed by atoms with E-state index in [9.17, 15) is 18.0 Å². The average molecular weight is 362 g/mol. The van der Waals surface area contributed by atoms with E-state index in [1.165, 1.54) is 12.1 Å². The second-order valence-corrected chi connectivity index (χ2v) is 6.57. The number of halogens is 3. The van der Waals surface area contributed by atoms with E-state index in [1.54, 1.807) is 19.1 Å². The van der Waals surface area contributed by atoms with E-state index < -0.39 is 18.9 Å². The molecule has 6 heteroatoms. The highest BCUT2D eigenvalue weighted by atomic mass is 19.3. The molecule has 3 nitrogen and oxygen atoms in total. The van der Waals surface area contributed by atoms with Crippen molar-refractivity contribution in [2.75, 3.05) is 6.54 Å². The normalized spacial score (nSPS) is 20.0. The van der Waals surface area contributed by atoms with Gasteiger partial charge >= 0.3 is 0 Å². The quantitative estimate of drug-likeness (QED) is 0.825. The minimum atomic E-state index is -2.46. The molecular weight excluding hydrogens is 341 g/mol. The predicted molar refractivity (Wildman–Crippen MR) is 93.6 cm³/mol. The molecule has 2 N–H and O–H groups in total. The standard InChI is InChI=1S/C20H21F3N2O/c1-12(13-6-8-15(21)9-7-13)20(26)25-17-10-14-4-2-3-5-16(14)19(17)24-11-18(22)23/h2-9,12,17-19,24H,10-11H2,1H3,(H,25,26)/t12-,17+,19+/m0/s1. The number of fused-ring (bicyclic) bond motifs is 1. The fourth-order valence-electron chi connectivity index (χ4n) is 3.41. The van der Waals surface area contributed by atoms with Crippen LogP contribution in [0.5, 0.6) is 0 Å². The Balaban J connectivity index is 1.72. The molecule has 1 aliphatic rings. The maximum Gasteiger partial charge on any atom is 0.250 e. The van der Waals surface area contributed by atoms with Gasteiger partial charge in [-0.05, 0) is 42.2 Å². The highest BCUT2D eigenvalue weighted by molar-refractivity contribution is 5.83. The first-order valence-corrected chi connectivity index (χ1v) is 8.61. The molecule has 0 saturated heterocycles. The monoisotopic (exact) mass is 362 g/mol. The Hall–Kier alpha value is -2.34. The lowest BCUT2D eigenvalue weighted by Crippen LogP contribution is -2.45. The molecule has 2 aromatic rings. The number of rotatable bonds is 6. The smallest absolute Gasteiger partial charge is 0.250 e. The Morgan fingerprint density at radius 2 is 1.85 bits per heavy atom. The van der Waals surface area contributed by atoms with Gasteiger partial charge < -0.3 is 10.6 Å². The number of hydrogen-bond donors (Lipinski definition) is 2. The molecule has 3 rings (SSSR count). The van der Waals surface area contributed by atoms with Crippen LogP contribution in [0.3, 0.4) is 0 Å². The van der Waals surface area contributed by atoms with Crippen LogP contribution < -0.4 is 10.6 Å². The minimum absolute atomic E-state index is 0.210. The number of benzene rings is 2. The van der Waals surface area contributed by atoms with Crippen LogP contribution in [0.15, 0.2) is 48.5 Å². The Labute approximate surface area is 150 Å². The molecule has 0 radical (unpaired) electrons. The van der Waals surface area contributed by atoms with Crippen molar-refractivity contribution in [2.24, 2.45) is 0 Å². The zero-order valence-electron chi connectivity index (χ0n) is 14.4. The summed E-state index contributed by atoms with van der Waals surface area (Å²) in [6.45, 7) is 1.31. The third kappa shape index (κ3) is 4.07. The highest BCUT2D eigenvalue weighted by Crippen LogP contribution is 2.32. The van der Waals surface area contributed by atoms with E-state index in [0.717, 1.165) is 11.1 Å². The van der Waals surface area contributed by atoms with Crippen molar-refractivity contribution >= 4 is 5.91 Å². The van der Waals surface area contributed by atoms with Gasteiger partial charge in [-0.15, -0.1) is 0 Å². The maximum absolute atomic E-state index is 13.1. The van der Waals surface area contributed by atoms with Crippen molar-refractivity contribution in [1.29, 1.82) is 0 Å². The van der Waals surface area contributed by atoms with E-state index >= 15 is 0 Å². The summed E-state index contributed by atoms with van der Waals surface area (Å²) in [5, 5.41) is 5.84. The van der Waals surface area contributed by atoms with Gasteiger partial charge in [-0.3, -0.25) is 4.79 Å². The van der Waals surface area contributed by atoms with Crippen molar-refractivity contribution in [3.8, 4) is 0 Å². The third-order valence-corrected chi connectivity index (χ3v) is 4.82. The zero-order valence-corrected chi connectivity index (χ0v) is 14.4. The van der Waals surface area contributed by atoms with Crippen LogP contribution in [0, 0.1) is 5.82 Å². The fraction of sp³-hybridized carbons (Fsp3) is 0.350. The summed E-state index contributed by atoms with van der Waals surface area (Å²) < 4.78 is 38.4. The molecule has 0 spiro atoms. The lowest BCUT2D eigenvalue weighted by molar-refractivity contribution is -0.123. The van der Waals surface area contributed by atoms with Gasteiger partial charge in [0.2, 0.25) is 5.91 Å². The van der Waals surface area contributed by atoms with Crippen molar-refractivity contribution in [3.63, 3.8) is 0 Å². The topological polar surface area (TPSA) is 41.1 Å². The summed E-state index contributed by atoms with van der Waals surface area (Å²) in [5.41, 5.74) is 2.68. The van der Waals surface area contributed by atoms with Crippen LogP contribution in [0.25, 0.3) is 0 Å². The summed E-state index contributed by atoms with van der Waals surface area (Å²) in [7, 11) is 0. The number of carbonyl (C=O) groups excluding carboxylic acids is 1. The Bertz CT molecular complexity index is 764. The van der Waals surface area contributed by atoms with E-state index in [-0.39, 0.29) is 23.8 Å². The van der Waals surface area contributed by atoms with Gasteiger partial charge in [-0.1, -0.05) is 36.4 Å². The molecule has 0 fully saturated rings. The number of nitrogens with one attached hydrogen (secondary N) is 2. The van der Waals surface area contributed by atoms with Crippen molar-refractivity contribution in [1.82, 2.24) is 10.6 Å². The van der Waals surface area contributed by atoms with E-state index in [0.29, 0.717) is 12.0 Å². The van der Waals surface area contributed by atoms with E-state index in [2.05, 4.69) is 10.6 Å². The molecule has 3 atom stereocenters. The van der Waals surface area contributed by atoms with Crippen LogP contribution in [0.2, 0.25) is 0 Å². The van der Waals surface area contributed by atoms with Crippen LogP contribution >= 0.6 is 0 Å². The zero-order chi connectivity index (χ0) is 18.7. The predicted octanol–water partition coefficient (Wildman–Crippen LogP) is 3.57. The number of carbonyl (C=O) groups is 1. The van der Waals surface area contributed by atoms with Gasteiger partial charge in [0.1, 0.15) is 5.82 Å². The summed E-state index contributed by atoms with van der Waals surface area (Å²) in [6, 6.07) is 12.7. The van der Waals surface area contributed by atoms with Gasteiger partial charge in [0.05, 0.1) is 24.5 Å². The Morgan fingerprint density at radius 3 is 2.54 bits per heavy atom. The van der Waals surface area contributed by atoms with Crippen LogP contribution in [0.1, 0.15) is 35.6 Å². The molecule has 26 heavy (non-hydrogen) atoms. The largest absolute Gasteiger partial charge is 0.351 e. The molecule has 0 heterocycles. The maximum atomic E-state index is 13.1. The van der Waals surface area contributed by atoms with E-state index in [1.807, 2.05) is 24.3 Å². The van der Waals surface area contributed by atoms with Gasteiger partial charge in [0.15, 0.2) is 0 Å². The number of amides is 1. The first kappa shape index (κ1) is 18.5. The SMILES string of the molecule is C[C@H](C(=O)N[C@@H]1Cc2ccccc2[C@H]1NCC(F)F)c1ccc(F)cc1. The fourth-order valence-corrected chi connectivity index (χ4v) is 3.41. The van der Waals surface area contributed by atoms with Crippen molar-refractivity contribution in [2.45, 2.75) is 37.8 Å². The van der Waals surface area contributed by atoms with E-state index in [4.69, 9.17) is 0 Å². The molecule has 0 unspecified atom stereocenters. The van der Waals surface area contributed by atoms with Gasteiger partial charge in [0, 0.05) is 0 Å². The number of alkyl halides is 2. The number of hydrogen-bond acceptors (Lipinski definition) is 2. The van der Waals surface area contributed by atoms with Gasteiger partial charge in [0.25, 0.3) is 6.43 Å². The second kappa shape index (κ2) is 7.91. The summed E-state index contributed by atoms with van der Waals surface area (Å²) >= 11 is 0. The molecule has 0 bridgehead atoms. The summed E-state index contributed by atoms with van der Waals surface area (Å²) in [4.78, 5) is 12.6. The molecule has 138 valence electrons. The molecule has 2 aromatic carbocycles.